The maximum Gasteiger partial charge on any atom is 0.228 e. The number of halogens is 2. The van der Waals surface area contributed by atoms with Crippen molar-refractivity contribution in [2.75, 3.05) is 20.1 Å². The van der Waals surface area contributed by atoms with E-state index in [-0.39, 0.29) is 24.0 Å². The van der Waals surface area contributed by atoms with Crippen molar-refractivity contribution < 1.29 is 4.52 Å². The number of rotatable bonds is 7. The fraction of sp³-hybridized carbons (Fsp3) is 0.316. The topological polar surface area (TPSA) is 75.3 Å². The Morgan fingerprint density at radius 1 is 1.25 bits per heavy atom. The quantitative estimate of drug-likeness (QED) is 0.265. The smallest absolute Gasteiger partial charge is 0.228 e. The molecule has 0 fully saturated rings. The Hall–Kier alpha value is -1.65. The number of aromatic nitrogens is 2. The summed E-state index contributed by atoms with van der Waals surface area (Å²) < 4.78 is 5.32. The summed E-state index contributed by atoms with van der Waals surface area (Å²) in [5.74, 6) is 2.33. The van der Waals surface area contributed by atoms with Crippen molar-refractivity contribution in [3.05, 3.63) is 57.6 Å². The van der Waals surface area contributed by atoms with E-state index in [1.54, 1.807) is 30.5 Å². The van der Waals surface area contributed by atoms with Gasteiger partial charge in [-0.15, -0.1) is 35.3 Å². The van der Waals surface area contributed by atoms with E-state index >= 15 is 0 Å². The first-order chi connectivity index (χ1) is 13.2. The Balaban J connectivity index is 0.00000280. The van der Waals surface area contributed by atoms with Crippen molar-refractivity contribution in [2.45, 2.75) is 19.3 Å². The summed E-state index contributed by atoms with van der Waals surface area (Å²) in [5, 5.41) is 13.4. The van der Waals surface area contributed by atoms with Crippen molar-refractivity contribution in [3.8, 4) is 11.4 Å². The molecule has 28 heavy (non-hydrogen) atoms. The molecule has 6 nitrogen and oxygen atoms in total. The Morgan fingerprint density at radius 3 is 2.71 bits per heavy atom. The van der Waals surface area contributed by atoms with Crippen LogP contribution in [-0.2, 0) is 6.42 Å². The lowest BCUT2D eigenvalue weighted by Gasteiger charge is -2.14. The first-order valence-electron chi connectivity index (χ1n) is 8.72. The minimum atomic E-state index is 0. The molecule has 0 radical (unpaired) electrons. The Bertz CT molecular complexity index is 867. The number of hydrogen-bond donors (Lipinski definition) is 2. The van der Waals surface area contributed by atoms with Crippen LogP contribution in [0.1, 0.15) is 23.6 Å². The number of nitrogens with zero attached hydrogens (tertiary/aromatic N) is 3. The number of nitrogens with one attached hydrogen (secondary N) is 2. The van der Waals surface area contributed by atoms with Gasteiger partial charge >= 0.3 is 0 Å². The van der Waals surface area contributed by atoms with Crippen molar-refractivity contribution in [3.63, 3.8) is 0 Å². The number of guanidine groups is 1. The summed E-state index contributed by atoms with van der Waals surface area (Å²) in [5.41, 5.74) is 0.877. The molecule has 3 rings (SSSR count). The van der Waals surface area contributed by atoms with Crippen LogP contribution in [0.4, 0.5) is 0 Å². The van der Waals surface area contributed by atoms with Crippen LogP contribution in [0.5, 0.6) is 0 Å². The lowest BCUT2D eigenvalue weighted by Crippen LogP contribution is -2.39. The Morgan fingerprint density at radius 2 is 2.04 bits per heavy atom. The first-order valence-corrected chi connectivity index (χ1v) is 9.98. The van der Waals surface area contributed by atoms with E-state index in [1.165, 1.54) is 4.88 Å². The summed E-state index contributed by atoms with van der Waals surface area (Å²) in [6.45, 7) is 3.67. The molecule has 1 unspecified atom stereocenters. The third kappa shape index (κ3) is 6.46. The molecular weight excluding hydrogens is 509 g/mol. The van der Waals surface area contributed by atoms with Crippen LogP contribution in [0.3, 0.4) is 0 Å². The van der Waals surface area contributed by atoms with E-state index in [0.717, 1.165) is 18.1 Å². The molecule has 0 aliphatic rings. The third-order valence-electron chi connectivity index (χ3n) is 4.03. The molecule has 0 amide bonds. The van der Waals surface area contributed by atoms with Gasteiger partial charge in [0.1, 0.15) is 0 Å². The van der Waals surface area contributed by atoms with Gasteiger partial charge in [0.2, 0.25) is 11.7 Å². The number of hydrogen-bond acceptors (Lipinski definition) is 5. The van der Waals surface area contributed by atoms with Crippen LogP contribution in [0.15, 0.2) is 51.3 Å². The van der Waals surface area contributed by atoms with Gasteiger partial charge in [-0.25, -0.2) is 0 Å². The summed E-state index contributed by atoms with van der Waals surface area (Å²) in [4.78, 5) is 10.0. The Kier molecular flexibility index (Phi) is 9.20. The van der Waals surface area contributed by atoms with Crippen molar-refractivity contribution in [1.29, 1.82) is 0 Å². The molecule has 0 aliphatic heterocycles. The fourth-order valence-corrected chi connectivity index (χ4v) is 3.42. The van der Waals surface area contributed by atoms with Crippen LogP contribution >= 0.6 is 46.9 Å². The van der Waals surface area contributed by atoms with Crippen molar-refractivity contribution in [2.24, 2.45) is 4.99 Å². The van der Waals surface area contributed by atoms with E-state index in [9.17, 15) is 0 Å². The van der Waals surface area contributed by atoms with Crippen molar-refractivity contribution >= 4 is 52.9 Å². The largest absolute Gasteiger partial charge is 0.356 e. The van der Waals surface area contributed by atoms with Gasteiger partial charge in [0.25, 0.3) is 0 Å². The summed E-state index contributed by atoms with van der Waals surface area (Å²) >= 11 is 7.67. The van der Waals surface area contributed by atoms with Crippen molar-refractivity contribution in [1.82, 2.24) is 20.8 Å². The van der Waals surface area contributed by atoms with Gasteiger partial charge in [-0.1, -0.05) is 29.7 Å². The number of thiophene rings is 1. The normalized spacial score (nSPS) is 12.3. The SMILES string of the molecule is CN=C(NCCc1nc(-c2ccc(Cl)cc2)no1)NCC(C)c1cccs1.I. The highest BCUT2D eigenvalue weighted by molar-refractivity contribution is 14.0. The third-order valence-corrected chi connectivity index (χ3v) is 5.39. The van der Waals surface area contributed by atoms with E-state index in [2.05, 4.69) is 50.2 Å². The van der Waals surface area contributed by atoms with Gasteiger partial charge in [0.15, 0.2) is 5.96 Å². The first kappa shape index (κ1) is 22.6. The molecule has 2 N–H and O–H groups in total. The van der Waals surface area contributed by atoms with Crippen LogP contribution in [-0.4, -0.2) is 36.2 Å². The maximum atomic E-state index is 5.90. The minimum absolute atomic E-state index is 0. The van der Waals surface area contributed by atoms with E-state index in [1.807, 2.05) is 12.1 Å². The molecule has 2 heterocycles. The zero-order valence-electron chi connectivity index (χ0n) is 15.7. The average molecular weight is 532 g/mol. The molecule has 2 aromatic heterocycles. The van der Waals surface area contributed by atoms with Gasteiger partial charge < -0.3 is 15.2 Å². The van der Waals surface area contributed by atoms with E-state index in [4.69, 9.17) is 16.1 Å². The number of benzene rings is 1. The van der Waals surface area contributed by atoms with Gasteiger partial charge in [-0.05, 0) is 35.7 Å². The van der Waals surface area contributed by atoms with Gasteiger partial charge in [-0.2, -0.15) is 4.98 Å². The van der Waals surface area contributed by atoms with E-state index in [0.29, 0.717) is 35.6 Å². The second-order valence-corrected chi connectivity index (χ2v) is 7.48. The second-order valence-electron chi connectivity index (χ2n) is 6.06. The van der Waals surface area contributed by atoms with Gasteiger partial charge in [-0.3, -0.25) is 4.99 Å². The molecule has 1 aromatic carbocycles. The van der Waals surface area contributed by atoms with Crippen LogP contribution < -0.4 is 10.6 Å². The molecule has 0 saturated heterocycles. The molecule has 0 saturated carbocycles. The highest BCUT2D eigenvalue weighted by Crippen LogP contribution is 2.20. The van der Waals surface area contributed by atoms with E-state index < -0.39 is 0 Å². The zero-order chi connectivity index (χ0) is 19.1. The lowest BCUT2D eigenvalue weighted by atomic mass is 10.1. The van der Waals surface area contributed by atoms with Crippen LogP contribution in [0, 0.1) is 0 Å². The summed E-state index contributed by atoms with van der Waals surface area (Å²) in [6.07, 6.45) is 0.613. The molecule has 9 heteroatoms. The number of aliphatic imine (C=N–C) groups is 1. The zero-order valence-corrected chi connectivity index (χ0v) is 19.6. The van der Waals surface area contributed by atoms with Crippen LogP contribution in [0.25, 0.3) is 11.4 Å². The standard InChI is InChI=1S/C19H22ClN5OS.HI/c1-13(16-4-3-11-27-16)12-23-19(21-2)22-10-9-17-24-18(25-26-17)14-5-7-15(20)8-6-14;/h3-8,11,13H,9-10,12H2,1-2H3,(H2,21,22,23);1H. The lowest BCUT2D eigenvalue weighted by molar-refractivity contribution is 0.378. The molecule has 150 valence electrons. The summed E-state index contributed by atoms with van der Waals surface area (Å²) in [7, 11) is 1.76. The predicted octanol–water partition coefficient (Wildman–Crippen LogP) is 4.58. The molecule has 1 atom stereocenters. The molecular formula is C19H23ClIN5OS. The highest BCUT2D eigenvalue weighted by atomic mass is 127. The minimum Gasteiger partial charge on any atom is -0.356 e. The second kappa shape index (κ2) is 11.4. The van der Waals surface area contributed by atoms with Gasteiger partial charge in [0, 0.05) is 47.9 Å². The molecule has 3 aromatic rings. The predicted molar refractivity (Wildman–Crippen MR) is 126 cm³/mol. The molecule has 0 bridgehead atoms. The molecule has 0 aliphatic carbocycles. The van der Waals surface area contributed by atoms with Gasteiger partial charge in [0.05, 0.1) is 0 Å². The fourth-order valence-electron chi connectivity index (χ4n) is 2.50. The summed E-state index contributed by atoms with van der Waals surface area (Å²) in [6, 6.07) is 11.6. The highest BCUT2D eigenvalue weighted by Gasteiger charge is 2.10. The van der Waals surface area contributed by atoms with Crippen LogP contribution in [0.2, 0.25) is 5.02 Å². The maximum absolute atomic E-state index is 5.90. The average Bonchev–Trinajstić information content (AvgIpc) is 3.37. The monoisotopic (exact) mass is 531 g/mol. The Labute approximate surface area is 190 Å². The molecule has 0 spiro atoms.